The highest BCUT2D eigenvalue weighted by atomic mass is 32.1. The first kappa shape index (κ1) is 20.4. The van der Waals surface area contributed by atoms with E-state index < -0.39 is 0 Å². The number of nitrogens with zero attached hydrogens (tertiary/aromatic N) is 1. The van der Waals surface area contributed by atoms with E-state index in [1.165, 1.54) is 16.9 Å². The second kappa shape index (κ2) is 8.90. The normalized spacial score (nSPS) is 13.8. The second-order valence-corrected chi connectivity index (χ2v) is 8.61. The lowest BCUT2D eigenvalue weighted by Crippen LogP contribution is -2.25. The quantitative estimate of drug-likeness (QED) is 0.546. The molecule has 3 aromatic rings. The third-order valence-electron chi connectivity index (χ3n) is 5.21. The minimum Gasteiger partial charge on any atom is -0.493 e. The lowest BCUT2D eigenvalue weighted by atomic mass is 10.1. The maximum atomic E-state index is 11.6. The number of esters is 1. The summed E-state index contributed by atoms with van der Waals surface area (Å²) in [6, 6.07) is 16.1. The maximum absolute atomic E-state index is 11.6. The molecule has 2 heterocycles. The van der Waals surface area contributed by atoms with Crippen LogP contribution >= 0.6 is 11.3 Å². The van der Waals surface area contributed by atoms with Gasteiger partial charge < -0.3 is 14.2 Å². The van der Waals surface area contributed by atoms with Gasteiger partial charge in [-0.1, -0.05) is 12.1 Å². The van der Waals surface area contributed by atoms with Crippen molar-refractivity contribution in [3.63, 3.8) is 0 Å². The number of thiophene rings is 1. The lowest BCUT2D eigenvalue weighted by Gasteiger charge is -2.20. The Labute approximate surface area is 180 Å². The van der Waals surface area contributed by atoms with Crippen molar-refractivity contribution in [3.8, 4) is 21.9 Å². The Bertz CT molecular complexity index is 1040. The van der Waals surface area contributed by atoms with Gasteiger partial charge in [0.2, 0.25) is 0 Å². The number of carbonyl (C=O) groups excluding carboxylic acids is 1. The Balaban J connectivity index is 1.58. The summed E-state index contributed by atoms with van der Waals surface area (Å²) in [5.41, 5.74) is 3.98. The molecule has 0 radical (unpaired) electrons. The average Bonchev–Trinajstić information content (AvgIpc) is 3.09. The van der Waals surface area contributed by atoms with E-state index in [1.807, 2.05) is 24.3 Å². The van der Waals surface area contributed by atoms with Gasteiger partial charge >= 0.3 is 5.97 Å². The number of aryl methyl sites for hydroxylation is 1. The molecule has 0 amide bonds. The van der Waals surface area contributed by atoms with Gasteiger partial charge in [-0.05, 0) is 54.4 Å². The summed E-state index contributed by atoms with van der Waals surface area (Å²) in [5, 5.41) is 0. The minimum absolute atomic E-state index is 0.318. The summed E-state index contributed by atoms with van der Waals surface area (Å²) in [7, 11) is 3.08. The van der Waals surface area contributed by atoms with Crippen molar-refractivity contribution >= 4 is 17.3 Å². The number of methoxy groups -OCH3 is 2. The molecule has 1 aromatic heterocycles. The Hall–Kier alpha value is -2.83. The number of benzene rings is 2. The minimum atomic E-state index is -0.318. The van der Waals surface area contributed by atoms with Crippen LogP contribution in [0.15, 0.2) is 48.5 Å². The predicted molar refractivity (Wildman–Crippen MR) is 118 cm³/mol. The fourth-order valence-corrected chi connectivity index (χ4v) is 4.53. The van der Waals surface area contributed by atoms with Gasteiger partial charge in [0, 0.05) is 35.0 Å². The Kier molecular flexibility index (Phi) is 6.06. The van der Waals surface area contributed by atoms with Crippen LogP contribution in [0.1, 0.15) is 26.4 Å². The fourth-order valence-electron chi connectivity index (χ4n) is 3.68. The Morgan fingerprint density at radius 1 is 1.13 bits per heavy atom. The highest BCUT2D eigenvalue weighted by Crippen LogP contribution is 2.40. The molecule has 0 bridgehead atoms. The molecule has 6 heteroatoms. The smallest absolute Gasteiger partial charge is 0.337 e. The van der Waals surface area contributed by atoms with E-state index in [0.29, 0.717) is 12.2 Å². The zero-order valence-corrected chi connectivity index (χ0v) is 18.3. The summed E-state index contributed by atoms with van der Waals surface area (Å²) in [6.07, 6.45) is 0. The highest BCUT2D eigenvalue weighted by Gasteiger charge is 2.21. The van der Waals surface area contributed by atoms with Crippen LogP contribution in [0.3, 0.4) is 0 Å². The molecule has 0 fully saturated rings. The van der Waals surface area contributed by atoms with Gasteiger partial charge in [0.1, 0.15) is 6.61 Å². The van der Waals surface area contributed by atoms with Gasteiger partial charge in [-0.3, -0.25) is 4.90 Å². The lowest BCUT2D eigenvalue weighted by molar-refractivity contribution is 0.0600. The summed E-state index contributed by atoms with van der Waals surface area (Å²) >= 11 is 1.78. The van der Waals surface area contributed by atoms with Crippen LogP contribution in [0, 0.1) is 6.92 Å². The van der Waals surface area contributed by atoms with E-state index in [4.69, 9.17) is 14.2 Å². The second-order valence-electron chi connectivity index (χ2n) is 7.32. The van der Waals surface area contributed by atoms with Gasteiger partial charge in [0.15, 0.2) is 11.5 Å². The molecule has 5 nitrogen and oxygen atoms in total. The molecule has 1 aliphatic heterocycles. The van der Waals surface area contributed by atoms with Crippen LogP contribution in [-0.4, -0.2) is 38.2 Å². The topological polar surface area (TPSA) is 48.0 Å². The Morgan fingerprint density at radius 3 is 2.60 bits per heavy atom. The first-order valence-electron chi connectivity index (χ1n) is 9.87. The van der Waals surface area contributed by atoms with Crippen molar-refractivity contribution in [2.24, 2.45) is 0 Å². The van der Waals surface area contributed by atoms with E-state index in [2.05, 4.69) is 36.1 Å². The van der Waals surface area contributed by atoms with E-state index in [9.17, 15) is 4.79 Å². The molecule has 0 saturated heterocycles. The standard InChI is InChI=1S/C24H25NO4S/c1-16-4-9-22(30-16)19-12-20-15-25(10-11-29-23(20)21(13-19)27-2)14-17-5-7-18(8-6-17)24(26)28-3/h4-9,12-13H,10-11,14-15H2,1-3H3. The summed E-state index contributed by atoms with van der Waals surface area (Å²) in [4.78, 5) is 16.5. The average molecular weight is 424 g/mol. The van der Waals surface area contributed by atoms with Crippen molar-refractivity contribution in [3.05, 3.63) is 70.1 Å². The van der Waals surface area contributed by atoms with Crippen LogP contribution in [0.25, 0.3) is 10.4 Å². The van der Waals surface area contributed by atoms with Crippen LogP contribution in [0.5, 0.6) is 11.5 Å². The number of rotatable bonds is 5. The molecular weight excluding hydrogens is 398 g/mol. The molecule has 2 aromatic carbocycles. The van der Waals surface area contributed by atoms with Crippen molar-refractivity contribution in [2.45, 2.75) is 20.0 Å². The molecule has 1 aliphatic rings. The molecule has 0 spiro atoms. The molecule has 0 aliphatic carbocycles. The van der Waals surface area contributed by atoms with Crippen molar-refractivity contribution in [1.82, 2.24) is 4.90 Å². The van der Waals surface area contributed by atoms with Crippen LogP contribution in [0.4, 0.5) is 0 Å². The molecule has 0 atom stereocenters. The highest BCUT2D eigenvalue weighted by molar-refractivity contribution is 7.15. The molecule has 156 valence electrons. The molecule has 0 N–H and O–H groups in total. The third kappa shape index (κ3) is 4.35. The van der Waals surface area contributed by atoms with Gasteiger partial charge in [-0.2, -0.15) is 0 Å². The summed E-state index contributed by atoms with van der Waals surface area (Å²) in [5.74, 6) is 1.29. The zero-order chi connectivity index (χ0) is 21.1. The van der Waals surface area contributed by atoms with Gasteiger partial charge in [0.05, 0.1) is 19.8 Å². The molecule has 0 unspecified atom stereocenters. The fraction of sp³-hybridized carbons (Fsp3) is 0.292. The Morgan fingerprint density at radius 2 is 1.93 bits per heavy atom. The number of hydrogen-bond acceptors (Lipinski definition) is 6. The number of fused-ring (bicyclic) bond motifs is 1. The molecule has 30 heavy (non-hydrogen) atoms. The van der Waals surface area contributed by atoms with Gasteiger partial charge in [-0.25, -0.2) is 4.79 Å². The number of hydrogen-bond donors (Lipinski definition) is 0. The molecular formula is C24H25NO4S. The van der Waals surface area contributed by atoms with Gasteiger partial charge in [-0.15, -0.1) is 11.3 Å². The van der Waals surface area contributed by atoms with E-state index >= 15 is 0 Å². The first-order valence-corrected chi connectivity index (χ1v) is 10.7. The van der Waals surface area contributed by atoms with Crippen LogP contribution < -0.4 is 9.47 Å². The third-order valence-corrected chi connectivity index (χ3v) is 6.26. The van der Waals surface area contributed by atoms with Crippen molar-refractivity contribution < 1.29 is 19.0 Å². The summed E-state index contributed by atoms with van der Waals surface area (Å²) in [6.45, 7) is 5.06. The monoisotopic (exact) mass is 423 g/mol. The summed E-state index contributed by atoms with van der Waals surface area (Å²) < 4.78 is 16.5. The molecule has 4 rings (SSSR count). The first-order chi connectivity index (χ1) is 14.6. The number of carbonyl (C=O) groups is 1. The van der Waals surface area contributed by atoms with Crippen molar-refractivity contribution in [2.75, 3.05) is 27.4 Å². The van der Waals surface area contributed by atoms with Crippen LogP contribution in [-0.2, 0) is 17.8 Å². The maximum Gasteiger partial charge on any atom is 0.337 e. The van der Waals surface area contributed by atoms with E-state index in [-0.39, 0.29) is 5.97 Å². The van der Waals surface area contributed by atoms with Gasteiger partial charge in [0.25, 0.3) is 0 Å². The number of ether oxygens (including phenoxy) is 3. The molecule has 0 saturated carbocycles. The van der Waals surface area contributed by atoms with E-state index in [0.717, 1.165) is 47.8 Å². The van der Waals surface area contributed by atoms with E-state index in [1.54, 1.807) is 18.4 Å². The zero-order valence-electron chi connectivity index (χ0n) is 17.4. The predicted octanol–water partition coefficient (Wildman–Crippen LogP) is 4.91. The largest absolute Gasteiger partial charge is 0.493 e. The van der Waals surface area contributed by atoms with Crippen LogP contribution in [0.2, 0.25) is 0 Å². The SMILES string of the molecule is COC(=O)c1ccc(CN2CCOc3c(cc(-c4ccc(C)s4)cc3OC)C2)cc1. The van der Waals surface area contributed by atoms with Crippen molar-refractivity contribution in [1.29, 1.82) is 0 Å².